The number of sulfone groups is 1. The zero-order chi connectivity index (χ0) is 18.7. The second-order valence-corrected chi connectivity index (χ2v) is 15.2. The van der Waals surface area contributed by atoms with E-state index in [-0.39, 0.29) is 16.9 Å². The Bertz CT molecular complexity index is 731. The van der Waals surface area contributed by atoms with Gasteiger partial charge in [-0.15, -0.1) is 0 Å². The molecular formula is C13H14Br3NO6S. The van der Waals surface area contributed by atoms with E-state index < -0.39 is 35.3 Å². The fourth-order valence-electron chi connectivity index (χ4n) is 1.72. The van der Waals surface area contributed by atoms with E-state index in [2.05, 4.69) is 53.1 Å². The minimum atomic E-state index is -3.89. The number of alkyl halides is 3. The van der Waals surface area contributed by atoms with Crippen LogP contribution in [-0.2, 0) is 14.6 Å². The molecule has 3 N–H and O–H groups in total. The number of hydrogen-bond acceptors (Lipinski definition) is 5. The van der Waals surface area contributed by atoms with E-state index in [1.54, 1.807) is 6.92 Å². The Morgan fingerprint density at radius 3 is 2.33 bits per heavy atom. The van der Waals surface area contributed by atoms with Crippen LogP contribution in [0.15, 0.2) is 29.2 Å². The molecule has 1 rings (SSSR count). The second kappa shape index (κ2) is 8.26. The van der Waals surface area contributed by atoms with E-state index in [0.717, 1.165) is 6.07 Å². The average Bonchev–Trinajstić information content (AvgIpc) is 2.50. The number of carboxylic acid groups (broad SMARTS) is 1. The number of carbonyl (C=O) groups excluding carboxylic acids is 1. The summed E-state index contributed by atoms with van der Waals surface area (Å²) >= 11 is 8.76. The van der Waals surface area contributed by atoms with E-state index in [4.69, 9.17) is 5.11 Å². The maximum absolute atomic E-state index is 12.3. The summed E-state index contributed by atoms with van der Waals surface area (Å²) in [5.74, 6) is -2.20. The number of aliphatic carboxylic acids is 1. The molecule has 1 aromatic rings. The molecule has 0 fully saturated rings. The first kappa shape index (κ1) is 21.6. The van der Waals surface area contributed by atoms with Gasteiger partial charge in [0.15, 0.2) is 6.04 Å². The third kappa shape index (κ3) is 5.01. The molecule has 1 amide bonds. The molecule has 2 unspecified atom stereocenters. The van der Waals surface area contributed by atoms with Gasteiger partial charge in [-0.3, -0.25) is 4.79 Å². The van der Waals surface area contributed by atoms with Gasteiger partial charge in [0, 0.05) is 5.56 Å². The molecule has 0 aliphatic carbocycles. The van der Waals surface area contributed by atoms with Gasteiger partial charge in [0.1, 0.15) is 0 Å². The fraction of sp³-hybridized carbons (Fsp3) is 0.385. The molecule has 1 aromatic carbocycles. The number of benzene rings is 1. The quantitative estimate of drug-likeness (QED) is 0.466. The van der Waals surface area contributed by atoms with Gasteiger partial charge in [-0.25, -0.2) is 13.2 Å². The molecule has 0 aliphatic rings. The molecule has 0 spiro atoms. The number of nitrogens with one attached hydrogen (secondary N) is 1. The number of aliphatic hydroxyl groups is 1. The average molecular weight is 552 g/mol. The lowest BCUT2D eigenvalue weighted by atomic mass is 10.1. The van der Waals surface area contributed by atoms with Gasteiger partial charge in [-0.05, 0) is 72.4 Å². The predicted molar refractivity (Wildman–Crippen MR) is 98.3 cm³/mol. The molecule has 0 aromatic heterocycles. The summed E-state index contributed by atoms with van der Waals surface area (Å²) in [4.78, 5) is 23.2. The van der Waals surface area contributed by atoms with Crippen LogP contribution in [0.3, 0.4) is 0 Å². The van der Waals surface area contributed by atoms with Crippen molar-refractivity contribution in [3.63, 3.8) is 0 Å². The van der Waals surface area contributed by atoms with Crippen molar-refractivity contribution in [2.24, 2.45) is 0 Å². The Balaban J connectivity index is 3.14. The van der Waals surface area contributed by atoms with Crippen LogP contribution >= 0.6 is 47.8 Å². The summed E-state index contributed by atoms with van der Waals surface area (Å²) in [6.07, 6.45) is -1.14. The smallest absolute Gasteiger partial charge is 0.328 e. The highest BCUT2D eigenvalue weighted by Crippen LogP contribution is 2.43. The SMILES string of the molecule is CCC(O)C(NC(=O)c1cccc(S(=O)(=O)C(Br)(Br)Br)c1)C(=O)O. The zero-order valence-electron chi connectivity index (χ0n) is 12.2. The van der Waals surface area contributed by atoms with Crippen LogP contribution in [0.1, 0.15) is 23.7 Å². The largest absolute Gasteiger partial charge is 0.480 e. The van der Waals surface area contributed by atoms with Crippen LogP contribution in [0.2, 0.25) is 0 Å². The minimum absolute atomic E-state index is 0.0534. The molecule has 0 radical (unpaired) electrons. The Hall–Kier alpha value is -0.490. The number of carboxylic acids is 1. The van der Waals surface area contributed by atoms with Crippen molar-refractivity contribution in [3.05, 3.63) is 29.8 Å². The van der Waals surface area contributed by atoms with Gasteiger partial charge in [-0.2, -0.15) is 0 Å². The standard InChI is InChI=1S/C13H14Br3NO6S/c1-2-9(18)10(12(20)21)17-11(19)7-4-3-5-8(6-7)24(22,23)13(14,15)16/h3-6,9-10,18H,2H2,1H3,(H,17,19)(H,20,21). The number of carbonyl (C=O) groups is 2. The number of amides is 1. The van der Waals surface area contributed by atoms with Crippen molar-refractivity contribution in [2.45, 2.75) is 31.9 Å². The van der Waals surface area contributed by atoms with E-state index >= 15 is 0 Å². The molecule has 0 aliphatic heterocycles. The van der Waals surface area contributed by atoms with Crippen molar-refractivity contribution in [1.29, 1.82) is 0 Å². The van der Waals surface area contributed by atoms with Crippen molar-refractivity contribution in [3.8, 4) is 0 Å². The first-order chi connectivity index (χ1) is 10.9. The molecule has 0 bridgehead atoms. The summed E-state index contributed by atoms with van der Waals surface area (Å²) in [5, 5.41) is 20.9. The molecule has 2 atom stereocenters. The lowest BCUT2D eigenvalue weighted by Crippen LogP contribution is -2.48. The first-order valence-electron chi connectivity index (χ1n) is 6.55. The zero-order valence-corrected chi connectivity index (χ0v) is 17.8. The van der Waals surface area contributed by atoms with E-state index in [0.29, 0.717) is 0 Å². The lowest BCUT2D eigenvalue weighted by molar-refractivity contribution is -0.142. The molecule has 0 saturated heterocycles. The second-order valence-electron chi connectivity index (χ2n) is 4.74. The van der Waals surface area contributed by atoms with Crippen LogP contribution in [0.5, 0.6) is 0 Å². The third-order valence-electron chi connectivity index (χ3n) is 3.07. The van der Waals surface area contributed by atoms with Crippen molar-refractivity contribution >= 4 is 69.5 Å². The third-order valence-corrected chi connectivity index (χ3v) is 8.39. The summed E-state index contributed by atoms with van der Waals surface area (Å²) in [6, 6.07) is 3.60. The molecule has 11 heteroatoms. The monoisotopic (exact) mass is 549 g/mol. The van der Waals surface area contributed by atoms with E-state index in [1.807, 2.05) is 0 Å². The molecule has 24 heavy (non-hydrogen) atoms. The van der Waals surface area contributed by atoms with Gasteiger partial charge in [0.2, 0.25) is 11.3 Å². The molecular weight excluding hydrogens is 538 g/mol. The minimum Gasteiger partial charge on any atom is -0.480 e. The summed E-state index contributed by atoms with van der Waals surface area (Å²) in [7, 11) is -3.89. The van der Waals surface area contributed by atoms with E-state index in [1.165, 1.54) is 18.2 Å². The van der Waals surface area contributed by atoms with Crippen LogP contribution in [0.25, 0.3) is 0 Å². The number of aliphatic hydroxyl groups excluding tert-OH is 1. The van der Waals surface area contributed by atoms with E-state index in [9.17, 15) is 23.1 Å². The Morgan fingerprint density at radius 2 is 1.88 bits per heavy atom. The maximum atomic E-state index is 12.3. The molecule has 134 valence electrons. The number of rotatable bonds is 6. The van der Waals surface area contributed by atoms with Crippen molar-refractivity contribution in [2.75, 3.05) is 0 Å². The van der Waals surface area contributed by atoms with Crippen LogP contribution in [0.4, 0.5) is 0 Å². The number of hydrogen-bond donors (Lipinski definition) is 3. The van der Waals surface area contributed by atoms with Gasteiger partial charge in [0.05, 0.1) is 11.0 Å². The topological polar surface area (TPSA) is 121 Å². The van der Waals surface area contributed by atoms with Crippen molar-refractivity contribution < 1.29 is 28.2 Å². The summed E-state index contributed by atoms with van der Waals surface area (Å²) in [6.45, 7) is 1.57. The van der Waals surface area contributed by atoms with Crippen LogP contribution in [0, 0.1) is 0 Å². The van der Waals surface area contributed by atoms with Gasteiger partial charge in [0.25, 0.3) is 5.91 Å². The van der Waals surface area contributed by atoms with Crippen LogP contribution < -0.4 is 5.32 Å². The molecule has 7 nitrogen and oxygen atoms in total. The first-order valence-corrected chi connectivity index (χ1v) is 10.4. The Kier molecular flexibility index (Phi) is 7.42. The highest BCUT2D eigenvalue weighted by molar-refractivity contribution is 9.42. The summed E-state index contributed by atoms with van der Waals surface area (Å²) < 4.78 is 23.0. The Labute approximate surface area is 164 Å². The fourth-order valence-corrected chi connectivity index (χ4v) is 4.21. The highest BCUT2D eigenvalue weighted by atomic mass is 80.0. The molecule has 0 saturated carbocycles. The maximum Gasteiger partial charge on any atom is 0.328 e. The van der Waals surface area contributed by atoms with Crippen molar-refractivity contribution in [1.82, 2.24) is 5.32 Å². The van der Waals surface area contributed by atoms with Crippen LogP contribution in [-0.4, -0.2) is 44.1 Å². The number of halogens is 3. The predicted octanol–water partition coefficient (Wildman–Crippen LogP) is 2.21. The molecule has 0 heterocycles. The normalized spacial score (nSPS) is 14.7. The van der Waals surface area contributed by atoms with Gasteiger partial charge >= 0.3 is 5.97 Å². The highest BCUT2D eigenvalue weighted by Gasteiger charge is 2.37. The van der Waals surface area contributed by atoms with Gasteiger partial charge in [-0.1, -0.05) is 13.0 Å². The lowest BCUT2D eigenvalue weighted by Gasteiger charge is -2.19. The van der Waals surface area contributed by atoms with Gasteiger partial charge < -0.3 is 15.5 Å². The Morgan fingerprint density at radius 1 is 1.29 bits per heavy atom. The summed E-state index contributed by atoms with van der Waals surface area (Å²) in [5.41, 5.74) is -0.0534.